The molecule has 0 radical (unpaired) electrons. The first-order valence-electron chi connectivity index (χ1n) is 11.2. The van der Waals surface area contributed by atoms with Gasteiger partial charge < -0.3 is 4.74 Å². The van der Waals surface area contributed by atoms with Crippen molar-refractivity contribution in [3.8, 4) is 16.9 Å². The summed E-state index contributed by atoms with van der Waals surface area (Å²) in [5.41, 5.74) is 0.923. The predicted octanol–water partition coefficient (Wildman–Crippen LogP) is 7.82. The summed E-state index contributed by atoms with van der Waals surface area (Å²) in [6.07, 6.45) is 10.5. The van der Waals surface area contributed by atoms with Gasteiger partial charge in [-0.15, -0.1) is 6.58 Å². The maximum atomic E-state index is 15.0. The Labute approximate surface area is 182 Å². The van der Waals surface area contributed by atoms with Crippen LogP contribution in [0.5, 0.6) is 5.75 Å². The molecule has 0 heterocycles. The molecule has 4 atom stereocenters. The van der Waals surface area contributed by atoms with Gasteiger partial charge in [0.1, 0.15) is 12.4 Å². The first-order chi connectivity index (χ1) is 15.0. The highest BCUT2D eigenvalue weighted by Crippen LogP contribution is 2.48. The molecular weight excluding hydrogens is 397 g/mol. The Kier molecular flexibility index (Phi) is 6.54. The number of rotatable bonds is 6. The van der Waals surface area contributed by atoms with Gasteiger partial charge in [0.25, 0.3) is 0 Å². The number of hydrogen-bond donors (Lipinski definition) is 0. The quantitative estimate of drug-likeness (QED) is 0.428. The van der Waals surface area contributed by atoms with Gasteiger partial charge in [0, 0.05) is 11.1 Å². The average Bonchev–Trinajstić information content (AvgIpc) is 2.79. The number of fused-ring (bicyclic) bond motifs is 1. The van der Waals surface area contributed by atoms with Crippen LogP contribution in [-0.4, -0.2) is 6.61 Å². The minimum Gasteiger partial charge on any atom is -0.486 e. The highest BCUT2D eigenvalue weighted by molar-refractivity contribution is 5.66. The molecule has 4 rings (SSSR count). The second-order valence-electron chi connectivity index (χ2n) is 8.92. The summed E-state index contributed by atoms with van der Waals surface area (Å²) in [6.45, 7) is 7.51. The van der Waals surface area contributed by atoms with Crippen LogP contribution in [0.4, 0.5) is 13.2 Å². The van der Waals surface area contributed by atoms with Crippen LogP contribution in [-0.2, 0) is 0 Å². The highest BCUT2D eigenvalue weighted by atomic mass is 19.2. The van der Waals surface area contributed by atoms with E-state index in [1.807, 2.05) is 6.07 Å². The Morgan fingerprint density at radius 3 is 2.35 bits per heavy atom. The van der Waals surface area contributed by atoms with Crippen LogP contribution in [0.3, 0.4) is 0 Å². The SMILES string of the molecule is C=CCOc1ccc(-c2ccc(C3CCC4CC(C=C)CCC4C3)cc2F)c(F)c1F. The fourth-order valence-corrected chi connectivity index (χ4v) is 5.45. The van der Waals surface area contributed by atoms with Gasteiger partial charge >= 0.3 is 0 Å². The second-order valence-corrected chi connectivity index (χ2v) is 8.92. The van der Waals surface area contributed by atoms with Crippen LogP contribution in [0.25, 0.3) is 11.1 Å². The zero-order chi connectivity index (χ0) is 22.0. The standard InChI is InChI=1S/C27H29F3O/c1-3-13-31-25-12-11-23(26(29)27(25)30)22-10-9-21(16-24(22)28)20-8-7-18-14-17(4-2)5-6-19(18)15-20/h3-4,9-12,16-20H,1-2,5-8,13-15H2. The molecule has 2 aliphatic carbocycles. The first-order valence-corrected chi connectivity index (χ1v) is 11.2. The molecule has 4 unspecified atom stereocenters. The molecule has 4 heteroatoms. The normalized spacial score (nSPS) is 25.5. The molecule has 0 saturated heterocycles. The van der Waals surface area contributed by atoms with Gasteiger partial charge in [-0.2, -0.15) is 4.39 Å². The van der Waals surface area contributed by atoms with Crippen molar-refractivity contribution in [2.45, 2.75) is 44.4 Å². The number of hydrogen-bond acceptors (Lipinski definition) is 1. The van der Waals surface area contributed by atoms with E-state index in [0.29, 0.717) is 17.8 Å². The molecule has 164 valence electrons. The summed E-state index contributed by atoms with van der Waals surface area (Å²) >= 11 is 0. The van der Waals surface area contributed by atoms with E-state index in [0.717, 1.165) is 30.7 Å². The summed E-state index contributed by atoms with van der Waals surface area (Å²) in [7, 11) is 0. The summed E-state index contributed by atoms with van der Waals surface area (Å²) in [6, 6.07) is 7.64. The first kappa shape index (κ1) is 21.7. The molecule has 0 amide bonds. The maximum absolute atomic E-state index is 15.0. The van der Waals surface area contributed by atoms with Crippen LogP contribution in [0.15, 0.2) is 55.6 Å². The molecular formula is C27H29F3O. The Morgan fingerprint density at radius 1 is 0.871 bits per heavy atom. The van der Waals surface area contributed by atoms with Crippen LogP contribution in [0, 0.1) is 35.2 Å². The van der Waals surface area contributed by atoms with Crippen LogP contribution in [0.1, 0.15) is 50.0 Å². The van der Waals surface area contributed by atoms with E-state index >= 15 is 0 Å². The Hall–Kier alpha value is -2.49. The summed E-state index contributed by atoms with van der Waals surface area (Å²) in [4.78, 5) is 0. The monoisotopic (exact) mass is 426 g/mol. The molecule has 0 aliphatic heterocycles. The number of benzene rings is 2. The van der Waals surface area contributed by atoms with Crippen molar-refractivity contribution in [3.63, 3.8) is 0 Å². The fourth-order valence-electron chi connectivity index (χ4n) is 5.45. The highest BCUT2D eigenvalue weighted by Gasteiger charge is 2.35. The van der Waals surface area contributed by atoms with Crippen molar-refractivity contribution < 1.29 is 17.9 Å². The Bertz CT molecular complexity index is 967. The van der Waals surface area contributed by atoms with E-state index in [1.54, 1.807) is 6.07 Å². The molecule has 0 N–H and O–H groups in total. The van der Waals surface area contributed by atoms with Crippen molar-refractivity contribution >= 4 is 0 Å². The van der Waals surface area contributed by atoms with Gasteiger partial charge in [0.15, 0.2) is 11.6 Å². The number of halogens is 3. The zero-order valence-corrected chi connectivity index (χ0v) is 17.8. The third-order valence-electron chi connectivity index (χ3n) is 7.15. The van der Waals surface area contributed by atoms with Gasteiger partial charge in [0.05, 0.1) is 0 Å². The lowest BCUT2D eigenvalue weighted by Crippen LogP contribution is -2.30. The molecule has 2 aromatic rings. The van der Waals surface area contributed by atoms with E-state index in [9.17, 15) is 13.2 Å². The predicted molar refractivity (Wildman–Crippen MR) is 119 cm³/mol. The van der Waals surface area contributed by atoms with Gasteiger partial charge in [-0.1, -0.05) is 30.9 Å². The van der Waals surface area contributed by atoms with E-state index in [-0.39, 0.29) is 23.5 Å². The Morgan fingerprint density at radius 2 is 1.61 bits per heavy atom. The van der Waals surface area contributed by atoms with Gasteiger partial charge in [-0.3, -0.25) is 0 Å². The van der Waals surface area contributed by atoms with Crippen LogP contribution >= 0.6 is 0 Å². The second kappa shape index (κ2) is 9.33. The van der Waals surface area contributed by atoms with E-state index in [2.05, 4.69) is 19.2 Å². The van der Waals surface area contributed by atoms with Crippen molar-refractivity contribution in [1.82, 2.24) is 0 Å². The molecule has 0 spiro atoms. The zero-order valence-electron chi connectivity index (χ0n) is 17.8. The van der Waals surface area contributed by atoms with Gasteiger partial charge in [-0.25, -0.2) is 8.78 Å². The minimum atomic E-state index is -1.11. The number of ether oxygens (including phenoxy) is 1. The van der Waals surface area contributed by atoms with Crippen molar-refractivity contribution in [2.75, 3.05) is 6.61 Å². The third-order valence-corrected chi connectivity index (χ3v) is 7.15. The lowest BCUT2D eigenvalue weighted by atomic mass is 9.64. The molecule has 2 saturated carbocycles. The van der Waals surface area contributed by atoms with Crippen molar-refractivity contribution in [1.29, 1.82) is 0 Å². The van der Waals surface area contributed by atoms with Gasteiger partial charge in [0.2, 0.25) is 5.82 Å². The molecule has 2 fully saturated rings. The molecule has 1 nitrogen and oxygen atoms in total. The van der Waals surface area contributed by atoms with Gasteiger partial charge in [-0.05, 0) is 86.0 Å². The minimum absolute atomic E-state index is 0.0654. The Balaban J connectivity index is 1.52. The molecule has 31 heavy (non-hydrogen) atoms. The summed E-state index contributed by atoms with van der Waals surface area (Å²) in [5.74, 6) is -0.554. The van der Waals surface area contributed by atoms with Crippen LogP contribution in [0.2, 0.25) is 0 Å². The average molecular weight is 427 g/mol. The van der Waals surface area contributed by atoms with Crippen molar-refractivity contribution in [3.05, 3.63) is 78.7 Å². The van der Waals surface area contributed by atoms with Crippen LogP contribution < -0.4 is 4.74 Å². The van der Waals surface area contributed by atoms with E-state index in [1.165, 1.54) is 43.5 Å². The molecule has 0 bridgehead atoms. The smallest absolute Gasteiger partial charge is 0.201 e. The maximum Gasteiger partial charge on any atom is 0.201 e. The fraction of sp³-hybridized carbons (Fsp3) is 0.407. The molecule has 2 aromatic carbocycles. The van der Waals surface area contributed by atoms with E-state index in [4.69, 9.17) is 4.74 Å². The summed E-state index contributed by atoms with van der Waals surface area (Å²) in [5, 5.41) is 0. The lowest BCUT2D eigenvalue weighted by Gasteiger charge is -2.41. The lowest BCUT2D eigenvalue weighted by molar-refractivity contribution is 0.133. The van der Waals surface area contributed by atoms with E-state index < -0.39 is 17.5 Å². The molecule has 2 aliphatic rings. The molecule has 0 aromatic heterocycles. The largest absolute Gasteiger partial charge is 0.486 e. The summed E-state index contributed by atoms with van der Waals surface area (Å²) < 4.78 is 49.0. The van der Waals surface area contributed by atoms with Crippen molar-refractivity contribution in [2.24, 2.45) is 17.8 Å². The number of allylic oxidation sites excluding steroid dienone is 1. The topological polar surface area (TPSA) is 9.23 Å². The third kappa shape index (κ3) is 4.44.